The van der Waals surface area contributed by atoms with E-state index >= 15 is 0 Å². The molecule has 3 aromatic rings. The van der Waals surface area contributed by atoms with E-state index < -0.39 is 40.7 Å². The molecule has 242 valence electrons. The van der Waals surface area contributed by atoms with Gasteiger partial charge in [0.15, 0.2) is 6.10 Å². The maximum atomic E-state index is 14.1. The number of aliphatic hydroxyl groups excluding tert-OH is 1. The van der Waals surface area contributed by atoms with E-state index in [1.807, 2.05) is 62.4 Å². The van der Waals surface area contributed by atoms with Crippen LogP contribution in [0.5, 0.6) is 5.75 Å². The molecule has 4 unspecified atom stereocenters. The Morgan fingerprint density at radius 1 is 1.02 bits per heavy atom. The number of carbonyl (C=O) groups excluding carboxylic acids is 4. The predicted octanol–water partition coefficient (Wildman–Crippen LogP) is 4.50. The highest BCUT2D eigenvalue weighted by Crippen LogP contribution is 2.40. The van der Waals surface area contributed by atoms with Gasteiger partial charge in [0.05, 0.1) is 18.0 Å². The minimum absolute atomic E-state index is 0.156. The van der Waals surface area contributed by atoms with E-state index in [4.69, 9.17) is 4.74 Å². The zero-order chi connectivity index (χ0) is 33.0. The Bertz CT molecular complexity index is 1610. The monoisotopic (exact) mass is 643 g/mol. The van der Waals surface area contributed by atoms with Gasteiger partial charge in [0.25, 0.3) is 11.8 Å². The van der Waals surface area contributed by atoms with Crippen LogP contribution in [-0.4, -0.2) is 62.5 Å². The van der Waals surface area contributed by atoms with Gasteiger partial charge in [-0.1, -0.05) is 60.7 Å². The lowest BCUT2D eigenvalue weighted by Gasteiger charge is -2.35. The van der Waals surface area contributed by atoms with Crippen molar-refractivity contribution in [2.24, 2.45) is 0 Å². The highest BCUT2D eigenvalue weighted by atomic mass is 32.2. The van der Waals surface area contributed by atoms with E-state index in [-0.39, 0.29) is 35.6 Å². The SMILES string of the molecule is CC(=O)Oc1cccc(C(=O)NC(Cc2ccccc2)C(O)C(=O)N2CSC(C)(C)C2C(=O)NC2CCCc3ccccc32)c1C. The zero-order valence-electron chi connectivity index (χ0n) is 26.6. The summed E-state index contributed by atoms with van der Waals surface area (Å²) in [5.74, 6) is -1.46. The van der Waals surface area contributed by atoms with E-state index in [0.717, 1.165) is 30.4 Å². The number of benzene rings is 3. The van der Waals surface area contributed by atoms with Crippen LogP contribution in [0.2, 0.25) is 0 Å². The number of fused-ring (bicyclic) bond motifs is 1. The lowest BCUT2D eigenvalue weighted by atomic mass is 9.87. The summed E-state index contributed by atoms with van der Waals surface area (Å²) in [6, 6.07) is 20.2. The lowest BCUT2D eigenvalue weighted by molar-refractivity contribution is -0.147. The third-order valence-electron chi connectivity index (χ3n) is 8.79. The topological polar surface area (TPSA) is 125 Å². The van der Waals surface area contributed by atoms with Crippen LogP contribution in [-0.2, 0) is 27.2 Å². The molecule has 1 fully saturated rings. The Balaban J connectivity index is 1.38. The minimum Gasteiger partial charge on any atom is -0.426 e. The third-order valence-corrected chi connectivity index (χ3v) is 10.2. The molecule has 9 nitrogen and oxygen atoms in total. The molecule has 1 heterocycles. The molecular weight excluding hydrogens is 602 g/mol. The fraction of sp³-hybridized carbons (Fsp3) is 0.389. The minimum atomic E-state index is -1.64. The highest BCUT2D eigenvalue weighted by Gasteiger charge is 2.50. The number of nitrogens with zero attached hydrogens (tertiary/aromatic N) is 1. The second kappa shape index (κ2) is 14.1. The number of esters is 1. The van der Waals surface area contributed by atoms with Gasteiger partial charge in [0.2, 0.25) is 5.91 Å². The number of amides is 3. The van der Waals surface area contributed by atoms with Crippen LogP contribution in [0.1, 0.15) is 72.3 Å². The molecule has 0 radical (unpaired) electrons. The molecule has 10 heteroatoms. The molecule has 46 heavy (non-hydrogen) atoms. The van der Waals surface area contributed by atoms with Gasteiger partial charge in [-0.3, -0.25) is 19.2 Å². The first-order chi connectivity index (χ1) is 22.0. The average molecular weight is 644 g/mol. The molecule has 5 rings (SSSR count). The van der Waals surface area contributed by atoms with Crippen molar-refractivity contribution in [3.63, 3.8) is 0 Å². The van der Waals surface area contributed by atoms with E-state index in [9.17, 15) is 24.3 Å². The first-order valence-corrected chi connectivity index (χ1v) is 16.6. The van der Waals surface area contributed by atoms with Crippen LogP contribution >= 0.6 is 11.8 Å². The molecular formula is C36H41N3O6S. The van der Waals surface area contributed by atoms with Crippen molar-refractivity contribution < 1.29 is 29.0 Å². The van der Waals surface area contributed by atoms with Crippen LogP contribution < -0.4 is 15.4 Å². The molecule has 3 amide bonds. The summed E-state index contributed by atoms with van der Waals surface area (Å²) in [4.78, 5) is 54.7. The summed E-state index contributed by atoms with van der Waals surface area (Å²) in [5.41, 5.74) is 3.83. The van der Waals surface area contributed by atoms with Gasteiger partial charge in [0.1, 0.15) is 11.8 Å². The standard InChI is InChI=1S/C36H41N3O6S/c1-22-26(17-11-19-30(22)45-23(2)40)33(42)38-29(20-24-12-6-5-7-13-24)31(41)35(44)39-21-46-36(3,4)32(39)34(43)37-28-18-10-15-25-14-8-9-16-27(25)28/h5-9,11-14,16-17,19,28-29,31-32,41H,10,15,18,20-21H2,1-4H3,(H,37,43)(H,38,42). The molecule has 0 spiro atoms. The Morgan fingerprint density at radius 2 is 1.74 bits per heavy atom. The van der Waals surface area contributed by atoms with Gasteiger partial charge in [-0.15, -0.1) is 11.8 Å². The molecule has 1 saturated heterocycles. The largest absolute Gasteiger partial charge is 0.426 e. The lowest BCUT2D eigenvalue weighted by Crippen LogP contribution is -2.59. The van der Waals surface area contributed by atoms with Gasteiger partial charge in [-0.25, -0.2) is 0 Å². The molecule has 1 aliphatic carbocycles. The van der Waals surface area contributed by atoms with Gasteiger partial charge < -0.3 is 25.4 Å². The van der Waals surface area contributed by atoms with E-state index in [2.05, 4.69) is 16.7 Å². The number of aryl methyl sites for hydroxylation is 1. The number of carbonyl (C=O) groups is 4. The second-order valence-electron chi connectivity index (χ2n) is 12.5. The van der Waals surface area contributed by atoms with E-state index in [0.29, 0.717) is 5.56 Å². The van der Waals surface area contributed by atoms with Gasteiger partial charge in [-0.2, -0.15) is 0 Å². The number of rotatable bonds is 9. The summed E-state index contributed by atoms with van der Waals surface area (Å²) >= 11 is 1.48. The van der Waals surface area contributed by atoms with E-state index in [1.165, 1.54) is 29.1 Å². The smallest absolute Gasteiger partial charge is 0.308 e. The number of aliphatic hydroxyl groups is 1. The van der Waals surface area contributed by atoms with Crippen LogP contribution in [0.4, 0.5) is 0 Å². The van der Waals surface area contributed by atoms with Crippen LogP contribution in [0, 0.1) is 6.92 Å². The fourth-order valence-corrected chi connectivity index (χ4v) is 7.53. The fourth-order valence-electron chi connectivity index (χ4n) is 6.39. The number of thioether (sulfide) groups is 1. The van der Waals surface area contributed by atoms with Gasteiger partial charge in [-0.05, 0) is 75.3 Å². The zero-order valence-corrected chi connectivity index (χ0v) is 27.4. The summed E-state index contributed by atoms with van der Waals surface area (Å²) < 4.78 is 4.64. The van der Waals surface area contributed by atoms with Crippen molar-refractivity contribution in [2.75, 3.05) is 5.88 Å². The maximum absolute atomic E-state index is 14.1. The predicted molar refractivity (Wildman–Crippen MR) is 177 cm³/mol. The number of ether oxygens (including phenoxy) is 1. The van der Waals surface area contributed by atoms with Gasteiger partial charge in [0, 0.05) is 22.8 Å². The molecule has 0 saturated carbocycles. The maximum Gasteiger partial charge on any atom is 0.308 e. The van der Waals surface area contributed by atoms with Crippen LogP contribution in [0.15, 0.2) is 72.8 Å². The number of nitrogens with one attached hydrogen (secondary N) is 2. The summed E-state index contributed by atoms with van der Waals surface area (Å²) in [6.07, 6.45) is 1.26. The Hall–Kier alpha value is -4.15. The first-order valence-electron chi connectivity index (χ1n) is 15.6. The molecule has 3 N–H and O–H groups in total. The Labute approximate surface area is 274 Å². The normalized spacial score (nSPS) is 19.8. The summed E-state index contributed by atoms with van der Waals surface area (Å²) in [5, 5.41) is 17.7. The van der Waals surface area contributed by atoms with Crippen molar-refractivity contribution in [2.45, 2.75) is 82.4 Å². The molecule has 1 aliphatic heterocycles. The Morgan fingerprint density at radius 3 is 2.48 bits per heavy atom. The molecule has 0 bridgehead atoms. The molecule has 2 aliphatic rings. The number of hydrogen-bond acceptors (Lipinski definition) is 7. The van der Waals surface area contributed by atoms with Crippen molar-refractivity contribution in [1.29, 1.82) is 0 Å². The van der Waals surface area contributed by atoms with Gasteiger partial charge >= 0.3 is 5.97 Å². The van der Waals surface area contributed by atoms with Crippen LogP contribution in [0.25, 0.3) is 0 Å². The average Bonchev–Trinajstić information content (AvgIpc) is 3.36. The van der Waals surface area contributed by atoms with Crippen molar-refractivity contribution >= 4 is 35.5 Å². The van der Waals surface area contributed by atoms with Crippen molar-refractivity contribution in [3.8, 4) is 5.75 Å². The molecule has 3 aromatic carbocycles. The quantitative estimate of drug-likeness (QED) is 0.232. The number of hydrogen-bond donors (Lipinski definition) is 3. The third kappa shape index (κ3) is 7.29. The summed E-state index contributed by atoms with van der Waals surface area (Å²) in [7, 11) is 0. The molecule has 0 aromatic heterocycles. The highest BCUT2D eigenvalue weighted by molar-refractivity contribution is 8.00. The van der Waals surface area contributed by atoms with Crippen LogP contribution in [0.3, 0.4) is 0 Å². The Kier molecular flexibility index (Phi) is 10.2. The first kappa shape index (κ1) is 33.2. The van der Waals surface area contributed by atoms with Crippen molar-refractivity contribution in [1.82, 2.24) is 15.5 Å². The van der Waals surface area contributed by atoms with E-state index in [1.54, 1.807) is 25.1 Å². The summed E-state index contributed by atoms with van der Waals surface area (Å²) in [6.45, 7) is 6.80. The molecule has 4 atom stereocenters. The van der Waals surface area contributed by atoms with Crippen molar-refractivity contribution in [3.05, 3.63) is 101 Å². The second-order valence-corrected chi connectivity index (χ2v) is 14.1.